The Kier molecular flexibility index (Phi) is 2.46. The summed E-state index contributed by atoms with van der Waals surface area (Å²) in [6.07, 6.45) is 2.18. The van der Waals surface area contributed by atoms with Gasteiger partial charge in [-0.15, -0.1) is 0 Å². The summed E-state index contributed by atoms with van der Waals surface area (Å²) in [5.74, 6) is -0.0544. The minimum absolute atomic E-state index is 0.0544. The SMILES string of the molecule is Cc1ccc(Cl)c(C(=O)NC2CC2)c1. The predicted octanol–water partition coefficient (Wildman–Crippen LogP) is 2.54. The molecule has 1 fully saturated rings. The zero-order chi connectivity index (χ0) is 10.1. The van der Waals surface area contributed by atoms with Crippen molar-refractivity contribution < 1.29 is 4.79 Å². The number of halogens is 1. The van der Waals surface area contributed by atoms with E-state index in [4.69, 9.17) is 11.6 Å². The van der Waals surface area contributed by atoms with Crippen LogP contribution < -0.4 is 5.32 Å². The van der Waals surface area contributed by atoms with Crippen molar-refractivity contribution >= 4 is 17.5 Å². The summed E-state index contributed by atoms with van der Waals surface area (Å²) >= 11 is 5.93. The van der Waals surface area contributed by atoms with Gasteiger partial charge in [0.1, 0.15) is 0 Å². The van der Waals surface area contributed by atoms with Gasteiger partial charge in [0.15, 0.2) is 0 Å². The van der Waals surface area contributed by atoms with Gasteiger partial charge < -0.3 is 5.32 Å². The molecule has 14 heavy (non-hydrogen) atoms. The Morgan fingerprint density at radius 2 is 2.21 bits per heavy atom. The van der Waals surface area contributed by atoms with Gasteiger partial charge in [-0.3, -0.25) is 4.79 Å². The fourth-order valence-electron chi connectivity index (χ4n) is 1.30. The van der Waals surface area contributed by atoms with Gasteiger partial charge in [-0.25, -0.2) is 0 Å². The largest absolute Gasteiger partial charge is 0.349 e. The number of carbonyl (C=O) groups excluding carboxylic acids is 1. The van der Waals surface area contributed by atoms with E-state index in [1.54, 1.807) is 6.07 Å². The van der Waals surface area contributed by atoms with Crippen molar-refractivity contribution in [3.8, 4) is 0 Å². The van der Waals surface area contributed by atoms with Gasteiger partial charge in [0.25, 0.3) is 5.91 Å². The van der Waals surface area contributed by atoms with Crippen molar-refractivity contribution in [1.29, 1.82) is 0 Å². The molecule has 0 unspecified atom stereocenters. The molecule has 0 radical (unpaired) electrons. The van der Waals surface area contributed by atoms with E-state index in [0.29, 0.717) is 16.6 Å². The summed E-state index contributed by atoms with van der Waals surface area (Å²) in [5, 5.41) is 3.44. The Hall–Kier alpha value is -1.02. The normalized spacial score (nSPS) is 15.3. The summed E-state index contributed by atoms with van der Waals surface area (Å²) < 4.78 is 0. The first kappa shape index (κ1) is 9.53. The molecule has 1 saturated carbocycles. The number of hydrogen-bond acceptors (Lipinski definition) is 1. The Morgan fingerprint density at radius 3 is 2.86 bits per heavy atom. The summed E-state index contributed by atoms with van der Waals surface area (Å²) in [6, 6.07) is 5.86. The highest BCUT2D eigenvalue weighted by atomic mass is 35.5. The average molecular weight is 210 g/mol. The first-order valence-corrected chi connectivity index (χ1v) is 5.11. The molecular weight excluding hydrogens is 198 g/mol. The molecule has 74 valence electrons. The summed E-state index contributed by atoms with van der Waals surface area (Å²) in [5.41, 5.74) is 1.63. The maximum Gasteiger partial charge on any atom is 0.253 e. The Labute approximate surface area is 88.3 Å². The molecule has 0 aromatic heterocycles. The van der Waals surface area contributed by atoms with Crippen LogP contribution in [0.15, 0.2) is 18.2 Å². The van der Waals surface area contributed by atoms with Gasteiger partial charge >= 0.3 is 0 Å². The van der Waals surface area contributed by atoms with Gasteiger partial charge in [0.05, 0.1) is 10.6 Å². The van der Waals surface area contributed by atoms with Crippen molar-refractivity contribution in [3.05, 3.63) is 34.3 Å². The van der Waals surface area contributed by atoms with Gasteiger partial charge in [-0.05, 0) is 31.9 Å². The van der Waals surface area contributed by atoms with Crippen LogP contribution in [0.1, 0.15) is 28.8 Å². The molecule has 0 bridgehead atoms. The highest BCUT2D eigenvalue weighted by molar-refractivity contribution is 6.33. The van der Waals surface area contributed by atoms with E-state index in [9.17, 15) is 4.79 Å². The lowest BCUT2D eigenvalue weighted by Crippen LogP contribution is -2.25. The van der Waals surface area contributed by atoms with Crippen molar-refractivity contribution in [1.82, 2.24) is 5.32 Å². The molecule has 0 aliphatic heterocycles. The van der Waals surface area contributed by atoms with E-state index in [1.165, 1.54) is 0 Å². The van der Waals surface area contributed by atoms with Crippen LogP contribution in [0.2, 0.25) is 5.02 Å². The topological polar surface area (TPSA) is 29.1 Å². The van der Waals surface area contributed by atoms with E-state index in [0.717, 1.165) is 18.4 Å². The van der Waals surface area contributed by atoms with Crippen LogP contribution in [-0.2, 0) is 0 Å². The van der Waals surface area contributed by atoms with E-state index >= 15 is 0 Å². The van der Waals surface area contributed by atoms with E-state index < -0.39 is 0 Å². The third-order valence-corrected chi connectivity index (χ3v) is 2.61. The fraction of sp³-hybridized carbons (Fsp3) is 0.364. The van der Waals surface area contributed by atoms with Crippen LogP contribution >= 0.6 is 11.6 Å². The summed E-state index contributed by atoms with van der Waals surface area (Å²) in [4.78, 5) is 11.7. The van der Waals surface area contributed by atoms with Gasteiger partial charge in [-0.2, -0.15) is 0 Å². The molecule has 3 heteroatoms. The highest BCUT2D eigenvalue weighted by Gasteiger charge is 2.24. The lowest BCUT2D eigenvalue weighted by molar-refractivity contribution is 0.0951. The lowest BCUT2D eigenvalue weighted by Gasteiger charge is -2.05. The van der Waals surface area contributed by atoms with E-state index in [-0.39, 0.29) is 5.91 Å². The van der Waals surface area contributed by atoms with Crippen LogP contribution in [0.25, 0.3) is 0 Å². The molecule has 1 aliphatic carbocycles. The Morgan fingerprint density at radius 1 is 1.50 bits per heavy atom. The van der Waals surface area contributed by atoms with Gasteiger partial charge in [0, 0.05) is 6.04 Å². The molecule has 1 aromatic rings. The third kappa shape index (κ3) is 2.07. The molecule has 0 saturated heterocycles. The number of aryl methyl sites for hydroxylation is 1. The molecule has 0 spiro atoms. The minimum Gasteiger partial charge on any atom is -0.349 e. The van der Waals surface area contributed by atoms with Crippen molar-refractivity contribution in [2.75, 3.05) is 0 Å². The number of nitrogens with one attached hydrogen (secondary N) is 1. The molecule has 1 aliphatic rings. The molecule has 2 nitrogen and oxygen atoms in total. The Bertz CT molecular complexity index is 372. The first-order valence-electron chi connectivity index (χ1n) is 4.74. The zero-order valence-corrected chi connectivity index (χ0v) is 8.77. The highest BCUT2D eigenvalue weighted by Crippen LogP contribution is 2.22. The van der Waals surface area contributed by atoms with Crippen LogP contribution in [0, 0.1) is 6.92 Å². The Balaban J connectivity index is 2.20. The molecule has 1 N–H and O–H groups in total. The summed E-state index contributed by atoms with van der Waals surface area (Å²) in [7, 11) is 0. The predicted molar refractivity (Wildman–Crippen MR) is 56.7 cm³/mol. The lowest BCUT2D eigenvalue weighted by atomic mass is 10.1. The number of amides is 1. The molecule has 0 atom stereocenters. The minimum atomic E-state index is -0.0544. The summed E-state index contributed by atoms with van der Waals surface area (Å²) in [6.45, 7) is 1.95. The smallest absolute Gasteiger partial charge is 0.253 e. The van der Waals surface area contributed by atoms with Crippen molar-refractivity contribution in [3.63, 3.8) is 0 Å². The van der Waals surface area contributed by atoms with Gasteiger partial charge in [0.2, 0.25) is 0 Å². The van der Waals surface area contributed by atoms with Gasteiger partial charge in [-0.1, -0.05) is 23.2 Å². The second kappa shape index (κ2) is 3.62. The maximum absolute atomic E-state index is 11.7. The first-order chi connectivity index (χ1) is 6.66. The maximum atomic E-state index is 11.7. The molecule has 0 heterocycles. The van der Waals surface area contributed by atoms with Crippen LogP contribution in [-0.4, -0.2) is 11.9 Å². The molecule has 2 rings (SSSR count). The van der Waals surface area contributed by atoms with E-state index in [1.807, 2.05) is 19.1 Å². The molecule has 1 aromatic carbocycles. The van der Waals surface area contributed by atoms with Crippen LogP contribution in [0.3, 0.4) is 0 Å². The molecule has 1 amide bonds. The standard InChI is InChI=1S/C11H12ClNO/c1-7-2-5-10(12)9(6-7)11(14)13-8-3-4-8/h2,5-6,8H,3-4H2,1H3,(H,13,14). The van der Waals surface area contributed by atoms with Crippen LogP contribution in [0.4, 0.5) is 0 Å². The second-order valence-electron chi connectivity index (χ2n) is 3.73. The third-order valence-electron chi connectivity index (χ3n) is 2.28. The second-order valence-corrected chi connectivity index (χ2v) is 4.14. The number of hydrogen-bond donors (Lipinski definition) is 1. The quantitative estimate of drug-likeness (QED) is 0.797. The van der Waals surface area contributed by atoms with E-state index in [2.05, 4.69) is 5.32 Å². The zero-order valence-electron chi connectivity index (χ0n) is 8.01. The monoisotopic (exact) mass is 209 g/mol. The fourth-order valence-corrected chi connectivity index (χ4v) is 1.51. The van der Waals surface area contributed by atoms with Crippen LogP contribution in [0.5, 0.6) is 0 Å². The molecular formula is C11H12ClNO. The van der Waals surface area contributed by atoms with Crippen molar-refractivity contribution in [2.24, 2.45) is 0 Å². The number of rotatable bonds is 2. The number of carbonyl (C=O) groups is 1. The number of benzene rings is 1. The van der Waals surface area contributed by atoms with Crippen molar-refractivity contribution in [2.45, 2.75) is 25.8 Å². The average Bonchev–Trinajstić information content (AvgIpc) is 2.93.